The fraction of sp³-hybridized carbons (Fsp3) is 0.560. The van der Waals surface area contributed by atoms with Gasteiger partial charge in [-0.2, -0.15) is 0 Å². The molecule has 0 N–H and O–H groups in total. The quantitative estimate of drug-likeness (QED) is 0.0233. The van der Waals surface area contributed by atoms with Crippen molar-refractivity contribution in [3.63, 3.8) is 0 Å². The topological polar surface area (TPSA) is 292 Å². The first kappa shape index (κ1) is 67.4. The van der Waals surface area contributed by atoms with Gasteiger partial charge in [-0.25, -0.2) is 34.6 Å². The second-order valence-electron chi connectivity index (χ2n) is 19.2. The molecule has 0 spiro atoms. The van der Waals surface area contributed by atoms with Crippen LogP contribution in [0.4, 0.5) is 5.69 Å². The number of carbonyl (C=O) groups excluding carboxylic acids is 3. The number of benzene rings is 2. The van der Waals surface area contributed by atoms with Crippen LogP contribution in [0.2, 0.25) is 0 Å². The van der Waals surface area contributed by atoms with Gasteiger partial charge in [-0.3, -0.25) is 9.59 Å². The zero-order chi connectivity index (χ0) is 54.3. The second kappa shape index (κ2) is 30.6. The van der Waals surface area contributed by atoms with Gasteiger partial charge in [0.15, 0.2) is 6.54 Å². The molecule has 26 heteroatoms. The number of anilines is 1. The van der Waals surface area contributed by atoms with Crippen molar-refractivity contribution < 1.29 is 141 Å². The molecule has 1 saturated heterocycles. The zero-order valence-electron chi connectivity index (χ0n) is 44.5. The third-order valence-electron chi connectivity index (χ3n) is 12.5. The first-order valence-electron chi connectivity index (χ1n) is 24.4. The number of methoxy groups -OCH3 is 1. The van der Waals surface area contributed by atoms with E-state index in [-0.39, 0.29) is 111 Å². The fourth-order valence-corrected chi connectivity index (χ4v) is 10.1. The molecule has 21 nitrogen and oxygen atoms in total. The summed E-state index contributed by atoms with van der Waals surface area (Å²) in [5.74, 6) is -2.04. The van der Waals surface area contributed by atoms with Crippen molar-refractivity contribution in [2.24, 2.45) is 0 Å². The van der Waals surface area contributed by atoms with Crippen LogP contribution in [0.25, 0.3) is 17.4 Å². The normalized spacial score (nSPS) is 17.1. The number of amides is 2. The minimum Gasteiger partial charge on any atom is -0.748 e. The van der Waals surface area contributed by atoms with Gasteiger partial charge in [-0.05, 0) is 80.1 Å². The minimum absolute atomic E-state index is 0. The van der Waals surface area contributed by atoms with E-state index in [1.807, 2.05) is 66.7 Å². The molecular formula is C50H67N3Na2O18S3. The average molecular weight is 1140 g/mol. The van der Waals surface area contributed by atoms with Crippen molar-refractivity contribution in [3.8, 4) is 11.3 Å². The van der Waals surface area contributed by atoms with E-state index in [0.717, 1.165) is 5.56 Å². The molecule has 0 aromatic heterocycles. The van der Waals surface area contributed by atoms with Gasteiger partial charge in [0, 0.05) is 84.7 Å². The molecular weight excluding hydrogens is 1070 g/mol. The molecule has 1 unspecified atom stereocenters. The largest absolute Gasteiger partial charge is 1.00 e. The molecule has 3 aliphatic heterocycles. The number of nitrogens with zero attached hydrogens (tertiary/aromatic N) is 3. The Kier molecular flexibility index (Phi) is 27.2. The zero-order valence-corrected chi connectivity index (χ0v) is 51.0. The third kappa shape index (κ3) is 20.6. The molecule has 1 aromatic carbocycles. The van der Waals surface area contributed by atoms with E-state index in [0.29, 0.717) is 116 Å². The number of hydrogen-bond donors (Lipinski definition) is 0. The summed E-state index contributed by atoms with van der Waals surface area (Å²) in [6, 6.07) is 11.5. The molecule has 3 heterocycles. The Labute approximate surface area is 490 Å². The van der Waals surface area contributed by atoms with Gasteiger partial charge in [0.05, 0.1) is 70.8 Å². The Morgan fingerprint density at radius 2 is 1.39 bits per heavy atom. The van der Waals surface area contributed by atoms with Crippen LogP contribution >= 0.6 is 0 Å². The van der Waals surface area contributed by atoms with Crippen molar-refractivity contribution in [3.05, 3.63) is 82.6 Å². The first-order chi connectivity index (χ1) is 34.8. The average Bonchev–Trinajstić information content (AvgIpc) is 3.74. The number of hydroxylamine groups is 2. The summed E-state index contributed by atoms with van der Waals surface area (Å²) in [6.45, 7) is 11.3. The molecule has 0 bridgehead atoms. The van der Waals surface area contributed by atoms with Gasteiger partial charge < -0.3 is 46.8 Å². The molecule has 1 aromatic rings. The van der Waals surface area contributed by atoms with Gasteiger partial charge in [-0.1, -0.05) is 39.3 Å². The van der Waals surface area contributed by atoms with E-state index < -0.39 is 75.4 Å². The molecule has 0 saturated carbocycles. The van der Waals surface area contributed by atoms with Crippen molar-refractivity contribution in [1.29, 1.82) is 0 Å². The van der Waals surface area contributed by atoms with Crippen molar-refractivity contribution in [2.75, 3.05) is 89.4 Å². The fourth-order valence-electron chi connectivity index (χ4n) is 8.62. The van der Waals surface area contributed by atoms with Gasteiger partial charge >= 0.3 is 65.1 Å². The molecule has 0 radical (unpaired) electrons. The number of ether oxygens (including phenoxy) is 4. The van der Waals surface area contributed by atoms with Crippen LogP contribution < -0.4 is 73.9 Å². The molecule has 5 rings (SSSR count). The minimum atomic E-state index is -4.93. The van der Waals surface area contributed by atoms with Crippen molar-refractivity contribution in [1.82, 2.24) is 9.64 Å². The van der Waals surface area contributed by atoms with Gasteiger partial charge in [0.2, 0.25) is 5.36 Å². The number of hydrogen-bond acceptors (Lipinski definition) is 19. The molecule has 4 aliphatic rings. The molecule has 1 atom stereocenters. The summed E-state index contributed by atoms with van der Waals surface area (Å²) in [6.07, 6.45) is 6.64. The maximum absolute atomic E-state index is 12.5. The summed E-state index contributed by atoms with van der Waals surface area (Å²) >= 11 is 0. The van der Waals surface area contributed by atoms with Crippen LogP contribution in [0.5, 0.6) is 0 Å². The molecule has 2 amide bonds. The number of carbonyl (C=O) groups is 3. The molecule has 410 valence electrons. The monoisotopic (exact) mass is 1140 g/mol. The first-order valence-corrected chi connectivity index (χ1v) is 29.0. The van der Waals surface area contributed by atoms with Gasteiger partial charge in [0.25, 0.3) is 11.8 Å². The summed E-state index contributed by atoms with van der Waals surface area (Å²) in [7, 11) is -12.4. The van der Waals surface area contributed by atoms with Crippen LogP contribution in [-0.2, 0) is 79.4 Å². The van der Waals surface area contributed by atoms with E-state index in [1.165, 1.54) is 18.2 Å². The maximum atomic E-state index is 12.5. The Balaban J connectivity index is 0.00000760. The molecule has 1 aliphatic carbocycles. The van der Waals surface area contributed by atoms with Crippen LogP contribution in [0.15, 0.2) is 69.6 Å². The van der Waals surface area contributed by atoms with Crippen molar-refractivity contribution in [2.45, 2.75) is 101 Å². The standard InChI is InChI=1S/C50H69N3O18S3.2Na/c1-49(2,3)45-34-37(40-17-15-38(35-43(40)70-45)51(22-11-33-73(60,61)62)24-25-67-28-29-69-31-30-68-27-26-66-5)12-9-13-44-50(4,21-10-32-72(57,58)59)41-36-39(74(63,64)65)16-18-42(41)52(44)23-8-6-7-14-48(56)71-53-46(54)19-20-47(53)55;;/h9,12-13,15-18,34-36H,6-8,10-11,14,19-33H2,1-5H3,(H2-,57,58,59,60,61,62,63,64,65);;/q;2*+1/p-2. The Morgan fingerprint density at radius 3 is 2.00 bits per heavy atom. The van der Waals surface area contributed by atoms with Crippen LogP contribution in [0, 0.1) is 0 Å². The predicted molar refractivity (Wildman–Crippen MR) is 268 cm³/mol. The van der Waals surface area contributed by atoms with E-state index >= 15 is 0 Å². The Morgan fingerprint density at radius 1 is 0.776 bits per heavy atom. The van der Waals surface area contributed by atoms with E-state index in [9.17, 15) is 53.3 Å². The second-order valence-corrected chi connectivity index (χ2v) is 23.6. The van der Waals surface area contributed by atoms with Gasteiger partial charge in [-0.15, -0.1) is 5.06 Å². The Bertz CT molecular complexity index is 2890. The van der Waals surface area contributed by atoms with Gasteiger partial charge in [0.1, 0.15) is 34.8 Å². The predicted octanol–water partition coefficient (Wildman–Crippen LogP) is -1.83. The number of unbranched alkanes of at least 4 members (excludes halogenated alkanes) is 2. The maximum Gasteiger partial charge on any atom is 1.00 e. The van der Waals surface area contributed by atoms with E-state index in [2.05, 4.69) is 0 Å². The molecule has 76 heavy (non-hydrogen) atoms. The number of fused-ring (bicyclic) bond motifs is 2. The Hall–Kier alpha value is -2.89. The summed E-state index contributed by atoms with van der Waals surface area (Å²) in [5.41, 5.74) is 1.44. The number of rotatable bonds is 30. The van der Waals surface area contributed by atoms with E-state index in [4.69, 9.17) is 28.2 Å². The summed E-state index contributed by atoms with van der Waals surface area (Å²) in [5, 5.41) is 1.18. The van der Waals surface area contributed by atoms with Crippen LogP contribution in [0.3, 0.4) is 0 Å². The summed E-state index contributed by atoms with van der Waals surface area (Å²) < 4.78 is 137. The molecule has 1 fully saturated rings. The van der Waals surface area contributed by atoms with Crippen LogP contribution in [0.1, 0.15) is 102 Å². The number of allylic oxidation sites excluding steroid dienone is 3. The SMILES string of the molecule is COCCOCCOCCOCC[N+](CCCS(=O)(=O)[O-])=c1ccc2c(/C=C/C=C3\N(CCCCCC(=O)ON4C(=O)CCC4=O)c4ccc(S(=O)(=O)[O-])cc4C3(C)CCCS(=O)(=O)[O-])cc(C(C)(C)C)oc-2c1.[Na+].[Na+]. The smallest absolute Gasteiger partial charge is 0.748 e. The van der Waals surface area contributed by atoms with Crippen molar-refractivity contribution >= 4 is 59.9 Å². The number of imide groups is 1. The third-order valence-corrected chi connectivity index (χ3v) is 14.9. The summed E-state index contributed by atoms with van der Waals surface area (Å²) in [4.78, 5) is 42.8. The van der Waals surface area contributed by atoms with E-state index in [1.54, 1.807) is 20.1 Å². The van der Waals surface area contributed by atoms with Crippen LogP contribution in [-0.4, -0.2) is 146 Å².